The third-order valence-electron chi connectivity index (χ3n) is 3.79. The second-order valence-electron chi connectivity index (χ2n) is 5.79. The van der Waals surface area contributed by atoms with Crippen LogP contribution in [0.4, 0.5) is 17.2 Å². The van der Waals surface area contributed by atoms with Crippen LogP contribution < -0.4 is 10.6 Å². The second kappa shape index (κ2) is 9.01. The van der Waals surface area contributed by atoms with Gasteiger partial charge >= 0.3 is 5.97 Å². The van der Waals surface area contributed by atoms with Crippen molar-refractivity contribution >= 4 is 40.7 Å². The number of carbonyl (C=O) groups is 2. The molecule has 1 heterocycles. The van der Waals surface area contributed by atoms with Gasteiger partial charge in [-0.15, -0.1) is 0 Å². The normalized spacial score (nSPS) is 10.2. The molecule has 3 aromatic rings. The Bertz CT molecular complexity index is 990. The van der Waals surface area contributed by atoms with Gasteiger partial charge in [0.05, 0.1) is 23.4 Å². The number of hydrogen-bond acceptors (Lipinski definition) is 5. The fourth-order valence-electron chi connectivity index (χ4n) is 2.49. The van der Waals surface area contributed by atoms with Gasteiger partial charge < -0.3 is 15.4 Å². The van der Waals surface area contributed by atoms with Crippen molar-refractivity contribution < 1.29 is 14.3 Å². The number of rotatable bonds is 6. The highest BCUT2D eigenvalue weighted by Crippen LogP contribution is 2.21. The predicted molar refractivity (Wildman–Crippen MR) is 109 cm³/mol. The van der Waals surface area contributed by atoms with Crippen LogP contribution in [0.2, 0.25) is 5.02 Å². The quantitative estimate of drug-likeness (QED) is 0.580. The summed E-state index contributed by atoms with van der Waals surface area (Å²) in [5.41, 5.74) is 1.98. The molecule has 7 heteroatoms. The highest BCUT2D eigenvalue weighted by molar-refractivity contribution is 6.31. The molecule has 0 radical (unpaired) electrons. The molecular formula is C21H18ClN3O3. The summed E-state index contributed by atoms with van der Waals surface area (Å²) in [7, 11) is 0. The molecule has 3 rings (SSSR count). The summed E-state index contributed by atoms with van der Waals surface area (Å²) in [6.45, 7) is 2.05. The largest absolute Gasteiger partial charge is 0.462 e. The third-order valence-corrected chi connectivity index (χ3v) is 4.03. The minimum absolute atomic E-state index is 0.294. The van der Waals surface area contributed by atoms with Gasteiger partial charge in [-0.05, 0) is 49.4 Å². The monoisotopic (exact) mass is 395 g/mol. The van der Waals surface area contributed by atoms with Crippen molar-refractivity contribution in [1.82, 2.24) is 4.98 Å². The molecule has 28 heavy (non-hydrogen) atoms. The number of pyridine rings is 1. The lowest BCUT2D eigenvalue weighted by atomic mass is 10.1. The van der Waals surface area contributed by atoms with E-state index in [-0.39, 0.29) is 5.91 Å². The molecule has 6 nitrogen and oxygen atoms in total. The zero-order chi connectivity index (χ0) is 19.9. The molecule has 2 N–H and O–H groups in total. The number of amides is 1. The number of anilines is 3. The molecule has 1 aromatic heterocycles. The molecule has 0 aliphatic carbocycles. The number of ether oxygens (including phenoxy) is 1. The summed E-state index contributed by atoms with van der Waals surface area (Å²) >= 11 is 5.92. The molecule has 0 atom stereocenters. The number of esters is 1. The van der Waals surface area contributed by atoms with Crippen LogP contribution in [-0.2, 0) is 4.74 Å². The molecule has 0 aliphatic heterocycles. The number of aromatic nitrogens is 1. The van der Waals surface area contributed by atoms with Gasteiger partial charge in [-0.1, -0.05) is 29.8 Å². The standard InChI is InChI=1S/C21H18ClN3O3/c1-2-28-21(27)17-8-3-4-9-18(17)25-19-11-10-14(13-23-19)20(26)24-16-7-5-6-15(22)12-16/h3-13H,2H2,1H3,(H,23,25)(H,24,26). The summed E-state index contributed by atoms with van der Waals surface area (Å²) < 4.78 is 5.06. The van der Waals surface area contributed by atoms with Crippen molar-refractivity contribution in [2.75, 3.05) is 17.2 Å². The summed E-state index contributed by atoms with van der Waals surface area (Å²) in [5, 5.41) is 6.37. The molecule has 0 saturated carbocycles. The van der Waals surface area contributed by atoms with Crippen molar-refractivity contribution in [2.24, 2.45) is 0 Å². The molecule has 1 amide bonds. The molecule has 0 fully saturated rings. The minimum Gasteiger partial charge on any atom is -0.462 e. The zero-order valence-corrected chi connectivity index (χ0v) is 15.9. The van der Waals surface area contributed by atoms with E-state index >= 15 is 0 Å². The van der Waals surface area contributed by atoms with E-state index in [4.69, 9.17) is 16.3 Å². The van der Waals surface area contributed by atoms with Crippen LogP contribution in [0.1, 0.15) is 27.6 Å². The van der Waals surface area contributed by atoms with Crippen molar-refractivity contribution in [3.63, 3.8) is 0 Å². The maximum atomic E-state index is 12.3. The smallest absolute Gasteiger partial charge is 0.340 e. The van der Waals surface area contributed by atoms with Crippen molar-refractivity contribution in [2.45, 2.75) is 6.92 Å². The number of carbonyl (C=O) groups excluding carboxylic acids is 2. The fourth-order valence-corrected chi connectivity index (χ4v) is 2.68. The van der Waals surface area contributed by atoms with Crippen LogP contribution in [0.15, 0.2) is 66.9 Å². The Balaban J connectivity index is 1.71. The molecule has 0 aliphatic rings. The SMILES string of the molecule is CCOC(=O)c1ccccc1Nc1ccc(C(=O)Nc2cccc(Cl)c2)cn1. The van der Waals surface area contributed by atoms with Crippen LogP contribution in [-0.4, -0.2) is 23.5 Å². The van der Waals surface area contributed by atoms with E-state index in [0.29, 0.717) is 39.9 Å². The number of nitrogens with zero attached hydrogens (tertiary/aromatic N) is 1. The van der Waals surface area contributed by atoms with E-state index in [0.717, 1.165) is 0 Å². The Morgan fingerprint density at radius 2 is 1.89 bits per heavy atom. The first-order chi connectivity index (χ1) is 13.6. The van der Waals surface area contributed by atoms with E-state index < -0.39 is 5.97 Å². The van der Waals surface area contributed by atoms with Gasteiger partial charge in [0.2, 0.25) is 0 Å². The van der Waals surface area contributed by atoms with Crippen LogP contribution in [0.25, 0.3) is 0 Å². The van der Waals surface area contributed by atoms with Gasteiger partial charge in [-0.25, -0.2) is 9.78 Å². The summed E-state index contributed by atoms with van der Waals surface area (Å²) in [5.74, 6) is -0.215. The summed E-state index contributed by atoms with van der Waals surface area (Å²) in [4.78, 5) is 28.6. The third kappa shape index (κ3) is 4.86. The Hall–Kier alpha value is -3.38. The van der Waals surface area contributed by atoms with Gasteiger partial charge in [0.1, 0.15) is 5.82 Å². The van der Waals surface area contributed by atoms with Crippen molar-refractivity contribution in [3.8, 4) is 0 Å². The van der Waals surface area contributed by atoms with E-state index in [1.165, 1.54) is 6.20 Å². The first kappa shape index (κ1) is 19.4. The topological polar surface area (TPSA) is 80.3 Å². The molecule has 0 unspecified atom stereocenters. The first-order valence-electron chi connectivity index (χ1n) is 8.63. The van der Waals surface area contributed by atoms with E-state index in [1.807, 2.05) is 0 Å². The Kier molecular flexibility index (Phi) is 6.24. The van der Waals surface area contributed by atoms with E-state index in [2.05, 4.69) is 15.6 Å². The Morgan fingerprint density at radius 3 is 2.61 bits per heavy atom. The highest BCUT2D eigenvalue weighted by Gasteiger charge is 2.13. The minimum atomic E-state index is -0.414. The predicted octanol–water partition coefficient (Wildman–Crippen LogP) is 4.91. The van der Waals surface area contributed by atoms with Gasteiger partial charge in [0, 0.05) is 16.9 Å². The summed E-state index contributed by atoms with van der Waals surface area (Å²) in [6.07, 6.45) is 1.45. The van der Waals surface area contributed by atoms with Gasteiger partial charge in [-0.2, -0.15) is 0 Å². The van der Waals surface area contributed by atoms with Crippen molar-refractivity contribution in [3.05, 3.63) is 83.0 Å². The summed E-state index contributed by atoms with van der Waals surface area (Å²) in [6, 6.07) is 17.2. The number of benzene rings is 2. The van der Waals surface area contributed by atoms with Crippen LogP contribution in [0.3, 0.4) is 0 Å². The Morgan fingerprint density at radius 1 is 1.07 bits per heavy atom. The lowest BCUT2D eigenvalue weighted by Crippen LogP contribution is -2.12. The van der Waals surface area contributed by atoms with E-state index in [1.54, 1.807) is 67.6 Å². The highest BCUT2D eigenvalue weighted by atomic mass is 35.5. The second-order valence-corrected chi connectivity index (χ2v) is 6.22. The molecule has 142 valence electrons. The average molecular weight is 396 g/mol. The lowest BCUT2D eigenvalue weighted by molar-refractivity contribution is 0.0527. The van der Waals surface area contributed by atoms with Crippen LogP contribution >= 0.6 is 11.6 Å². The fraction of sp³-hybridized carbons (Fsp3) is 0.0952. The molecule has 0 spiro atoms. The zero-order valence-electron chi connectivity index (χ0n) is 15.1. The maximum absolute atomic E-state index is 12.3. The lowest BCUT2D eigenvalue weighted by Gasteiger charge is -2.11. The van der Waals surface area contributed by atoms with Crippen LogP contribution in [0.5, 0.6) is 0 Å². The average Bonchev–Trinajstić information content (AvgIpc) is 2.69. The number of hydrogen-bond donors (Lipinski definition) is 2. The number of halogens is 1. The first-order valence-corrected chi connectivity index (χ1v) is 9.00. The van der Waals surface area contributed by atoms with Gasteiger partial charge in [-0.3, -0.25) is 4.79 Å². The molecule has 0 bridgehead atoms. The molecular weight excluding hydrogens is 378 g/mol. The number of para-hydroxylation sites is 1. The Labute approximate surface area is 167 Å². The van der Waals surface area contributed by atoms with E-state index in [9.17, 15) is 9.59 Å². The van der Waals surface area contributed by atoms with Crippen molar-refractivity contribution in [1.29, 1.82) is 0 Å². The van der Waals surface area contributed by atoms with Gasteiger partial charge in [0.15, 0.2) is 0 Å². The number of nitrogens with one attached hydrogen (secondary N) is 2. The molecule has 0 saturated heterocycles. The maximum Gasteiger partial charge on any atom is 0.340 e. The van der Waals surface area contributed by atoms with Gasteiger partial charge in [0.25, 0.3) is 5.91 Å². The molecule has 2 aromatic carbocycles. The van der Waals surface area contributed by atoms with Crippen LogP contribution in [0, 0.1) is 0 Å².